The maximum atomic E-state index is 14.0. The molecule has 4 aromatic carbocycles. The predicted molar refractivity (Wildman–Crippen MR) is 177 cm³/mol. The molecule has 0 fully saturated rings. The molecule has 0 aliphatic carbocycles. The normalized spacial score (nSPS) is 14.5. The van der Waals surface area contributed by atoms with Crippen LogP contribution in [0.3, 0.4) is 0 Å². The Labute approximate surface area is 270 Å². The van der Waals surface area contributed by atoms with Crippen LogP contribution in [-0.2, 0) is 11.4 Å². The summed E-state index contributed by atoms with van der Waals surface area (Å²) in [6.45, 7) is 2.11. The number of carbonyl (C=O) groups excluding carboxylic acids is 1. The van der Waals surface area contributed by atoms with Gasteiger partial charge in [0.15, 0.2) is 16.3 Å². The summed E-state index contributed by atoms with van der Waals surface area (Å²) in [5, 5.41) is 2.91. The number of fused-ring (bicyclic) bond motifs is 1. The van der Waals surface area contributed by atoms with Crippen LogP contribution in [0, 0.1) is 5.82 Å². The average molecular weight is 685 g/mol. The smallest absolute Gasteiger partial charge is 0.271 e. The van der Waals surface area contributed by atoms with Crippen molar-refractivity contribution in [3.8, 4) is 11.5 Å². The van der Waals surface area contributed by atoms with Gasteiger partial charge in [-0.1, -0.05) is 75.8 Å². The van der Waals surface area contributed by atoms with Gasteiger partial charge >= 0.3 is 0 Å². The number of thiazole rings is 1. The number of benzene rings is 4. The highest BCUT2D eigenvalue weighted by molar-refractivity contribution is 9.10. The first-order valence-electron chi connectivity index (χ1n) is 14.0. The lowest BCUT2D eigenvalue weighted by Gasteiger charge is -2.25. The van der Waals surface area contributed by atoms with E-state index in [2.05, 4.69) is 26.2 Å². The molecule has 0 radical (unpaired) electrons. The Balaban J connectivity index is 1.37. The maximum absolute atomic E-state index is 14.0. The highest BCUT2D eigenvalue weighted by Crippen LogP contribution is 2.32. The lowest BCUT2D eigenvalue weighted by atomic mass is 9.95. The number of hydrogen-bond acceptors (Lipinski definition) is 6. The van der Waals surface area contributed by atoms with Crippen LogP contribution in [0.1, 0.15) is 29.7 Å². The van der Waals surface area contributed by atoms with E-state index < -0.39 is 17.8 Å². The number of halogens is 2. The number of anilines is 1. The van der Waals surface area contributed by atoms with Crippen LogP contribution in [0.2, 0.25) is 0 Å². The van der Waals surface area contributed by atoms with Crippen LogP contribution in [-0.4, -0.2) is 17.6 Å². The molecule has 45 heavy (non-hydrogen) atoms. The Morgan fingerprint density at radius 3 is 2.47 bits per heavy atom. The molecule has 226 valence electrons. The van der Waals surface area contributed by atoms with Gasteiger partial charge in [-0.3, -0.25) is 14.2 Å². The third-order valence-corrected chi connectivity index (χ3v) is 8.79. The lowest BCUT2D eigenvalue weighted by molar-refractivity contribution is -0.113. The molecule has 2 heterocycles. The molecule has 7 nitrogen and oxygen atoms in total. The molecular formula is C35H27BrFN3O4S. The van der Waals surface area contributed by atoms with Gasteiger partial charge in [-0.2, -0.15) is 0 Å². The second kappa shape index (κ2) is 13.1. The summed E-state index contributed by atoms with van der Waals surface area (Å²) in [5.74, 6) is 0.281. The standard InChI is InChI=1S/C35H27BrFN3O4S/c1-21-31(33(41)39-27-6-4-3-5-7-27)32(24-11-15-26(37)16-12-24)40-34(42)30(45-35(40)38-21)19-23-10-17-28(29(18-23)43-2)44-20-22-8-13-25(36)14-9-22/h3-19,32H,20H2,1-2H3,(H,39,41)/b30-19-/t32-/m1/s1. The number of ether oxygens (including phenoxy) is 2. The second-order valence-corrected chi connectivity index (χ2v) is 12.2. The number of nitrogens with one attached hydrogen (secondary N) is 1. The maximum Gasteiger partial charge on any atom is 0.271 e. The van der Waals surface area contributed by atoms with Crippen LogP contribution in [0.15, 0.2) is 123 Å². The molecule has 6 rings (SSSR count). The number of nitrogens with zero attached hydrogens (tertiary/aromatic N) is 2. The van der Waals surface area contributed by atoms with Gasteiger partial charge in [-0.05, 0) is 78.2 Å². The van der Waals surface area contributed by atoms with Crippen molar-refractivity contribution in [2.75, 3.05) is 12.4 Å². The van der Waals surface area contributed by atoms with Crippen molar-refractivity contribution in [1.29, 1.82) is 0 Å². The highest BCUT2D eigenvalue weighted by Gasteiger charge is 2.32. The quantitative estimate of drug-likeness (QED) is 0.206. The van der Waals surface area contributed by atoms with E-state index in [4.69, 9.17) is 9.47 Å². The van der Waals surface area contributed by atoms with E-state index in [0.717, 1.165) is 15.6 Å². The van der Waals surface area contributed by atoms with E-state index in [1.165, 1.54) is 28.0 Å². The molecule has 5 aromatic rings. The Morgan fingerprint density at radius 1 is 1.02 bits per heavy atom. The third-order valence-electron chi connectivity index (χ3n) is 7.28. The average Bonchev–Trinajstić information content (AvgIpc) is 3.34. The van der Waals surface area contributed by atoms with Crippen molar-refractivity contribution in [2.45, 2.75) is 19.6 Å². The molecule has 0 saturated carbocycles. The molecule has 1 atom stereocenters. The number of aromatic nitrogens is 1. The van der Waals surface area contributed by atoms with Gasteiger partial charge in [0.25, 0.3) is 11.5 Å². The summed E-state index contributed by atoms with van der Waals surface area (Å²) in [6.07, 6.45) is 1.76. The molecule has 1 N–H and O–H groups in total. The molecule has 0 saturated heterocycles. The van der Waals surface area contributed by atoms with Crippen LogP contribution in [0.4, 0.5) is 10.1 Å². The summed E-state index contributed by atoms with van der Waals surface area (Å²) >= 11 is 4.66. The van der Waals surface area contributed by atoms with Crippen molar-refractivity contribution >= 4 is 44.9 Å². The fraction of sp³-hybridized carbons (Fsp3) is 0.114. The van der Waals surface area contributed by atoms with E-state index in [0.29, 0.717) is 50.0 Å². The van der Waals surface area contributed by atoms with E-state index in [1.54, 1.807) is 56.5 Å². The molecule has 0 spiro atoms. The predicted octanol–water partition coefficient (Wildman–Crippen LogP) is 6.36. The van der Waals surface area contributed by atoms with Crippen LogP contribution >= 0.6 is 27.3 Å². The Morgan fingerprint density at radius 2 is 1.76 bits per heavy atom. The first-order chi connectivity index (χ1) is 21.8. The monoisotopic (exact) mass is 683 g/mol. The minimum Gasteiger partial charge on any atom is -0.493 e. The Bertz CT molecular complexity index is 2090. The molecule has 0 bridgehead atoms. The summed E-state index contributed by atoms with van der Waals surface area (Å²) < 4.78 is 28.5. The summed E-state index contributed by atoms with van der Waals surface area (Å²) in [7, 11) is 1.56. The second-order valence-electron chi connectivity index (χ2n) is 10.3. The molecule has 1 aromatic heterocycles. The van der Waals surface area contributed by atoms with Crippen molar-refractivity contribution in [3.05, 3.63) is 155 Å². The molecule has 1 aliphatic heterocycles. The van der Waals surface area contributed by atoms with Crippen molar-refractivity contribution < 1.29 is 18.7 Å². The van der Waals surface area contributed by atoms with Crippen LogP contribution in [0.5, 0.6) is 11.5 Å². The SMILES string of the molecule is COc1cc(/C=c2\sc3n(c2=O)[C@H](c2ccc(F)cc2)C(C(=O)Nc2ccccc2)=C(C)N=3)ccc1OCc1ccc(Br)cc1. The zero-order chi connectivity index (χ0) is 31.5. The van der Waals surface area contributed by atoms with Gasteiger partial charge in [0.05, 0.1) is 29.0 Å². The number of amides is 1. The van der Waals surface area contributed by atoms with Gasteiger partial charge in [0, 0.05) is 10.2 Å². The van der Waals surface area contributed by atoms with E-state index in [9.17, 15) is 14.0 Å². The number of para-hydroxylation sites is 1. The number of carbonyl (C=O) groups is 1. The minimum absolute atomic E-state index is 0.304. The van der Waals surface area contributed by atoms with Crippen LogP contribution in [0.25, 0.3) is 6.08 Å². The van der Waals surface area contributed by atoms with E-state index in [-0.39, 0.29) is 5.56 Å². The number of rotatable bonds is 8. The van der Waals surface area contributed by atoms with Gasteiger partial charge in [0.2, 0.25) is 0 Å². The first-order valence-corrected chi connectivity index (χ1v) is 15.6. The van der Waals surface area contributed by atoms with E-state index >= 15 is 0 Å². The van der Waals surface area contributed by atoms with E-state index in [1.807, 2.05) is 48.5 Å². The zero-order valence-electron chi connectivity index (χ0n) is 24.3. The van der Waals surface area contributed by atoms with Gasteiger partial charge in [0.1, 0.15) is 12.4 Å². The topological polar surface area (TPSA) is 81.9 Å². The fourth-order valence-electron chi connectivity index (χ4n) is 5.08. The molecule has 1 aliphatic rings. The molecule has 0 unspecified atom stereocenters. The molecule has 1 amide bonds. The molecular weight excluding hydrogens is 657 g/mol. The van der Waals surface area contributed by atoms with Gasteiger partial charge < -0.3 is 14.8 Å². The van der Waals surface area contributed by atoms with Crippen molar-refractivity contribution in [1.82, 2.24) is 4.57 Å². The lowest BCUT2D eigenvalue weighted by Crippen LogP contribution is -2.40. The minimum atomic E-state index is -0.809. The highest BCUT2D eigenvalue weighted by atomic mass is 79.9. The van der Waals surface area contributed by atoms with Gasteiger partial charge in [-0.25, -0.2) is 9.38 Å². The largest absolute Gasteiger partial charge is 0.493 e. The Kier molecular flexibility index (Phi) is 8.77. The first kappa shape index (κ1) is 30.2. The number of methoxy groups -OCH3 is 1. The summed E-state index contributed by atoms with van der Waals surface area (Å²) in [6, 6.07) is 27.4. The fourth-order valence-corrected chi connectivity index (χ4v) is 6.39. The third kappa shape index (κ3) is 6.52. The zero-order valence-corrected chi connectivity index (χ0v) is 26.7. The Hall–Kier alpha value is -4.80. The summed E-state index contributed by atoms with van der Waals surface area (Å²) in [5.41, 5.74) is 3.39. The van der Waals surface area contributed by atoms with Gasteiger partial charge in [-0.15, -0.1) is 0 Å². The van der Waals surface area contributed by atoms with Crippen molar-refractivity contribution in [2.24, 2.45) is 4.99 Å². The molecule has 10 heteroatoms. The van der Waals surface area contributed by atoms with Crippen LogP contribution < -0.4 is 29.7 Å². The number of allylic oxidation sites excluding steroid dienone is 1. The number of hydrogen-bond donors (Lipinski definition) is 1. The van der Waals surface area contributed by atoms with Crippen molar-refractivity contribution in [3.63, 3.8) is 0 Å². The summed E-state index contributed by atoms with van der Waals surface area (Å²) in [4.78, 5) is 32.8.